The van der Waals surface area contributed by atoms with Crippen LogP contribution in [0.3, 0.4) is 0 Å². The number of halogens is 1. The van der Waals surface area contributed by atoms with Gasteiger partial charge >= 0.3 is 0 Å². The lowest BCUT2D eigenvalue weighted by Crippen LogP contribution is -2.30. The quantitative estimate of drug-likeness (QED) is 0.600. The summed E-state index contributed by atoms with van der Waals surface area (Å²) < 4.78 is 19.1. The molecule has 0 aliphatic carbocycles. The number of likely N-dealkylation sites (tertiary alicyclic amines) is 1. The largest absolute Gasteiger partial charge is 0.438 e. The summed E-state index contributed by atoms with van der Waals surface area (Å²) in [7, 11) is 0. The summed E-state index contributed by atoms with van der Waals surface area (Å²) in [6.45, 7) is 2.86. The van der Waals surface area contributed by atoms with E-state index in [1.165, 1.54) is 12.1 Å². The molecule has 3 aromatic rings. The molecule has 1 saturated heterocycles. The highest BCUT2D eigenvalue weighted by Gasteiger charge is 2.33. The fraction of sp³-hybridized carbons (Fsp3) is 0.364. The van der Waals surface area contributed by atoms with Crippen molar-refractivity contribution in [1.29, 1.82) is 0 Å². The highest BCUT2D eigenvalue weighted by molar-refractivity contribution is 5.81. The van der Waals surface area contributed by atoms with Crippen molar-refractivity contribution in [2.75, 3.05) is 6.54 Å². The van der Waals surface area contributed by atoms with Crippen LogP contribution in [0.1, 0.15) is 51.0 Å². The molecule has 1 fully saturated rings. The first-order chi connectivity index (χ1) is 13.2. The van der Waals surface area contributed by atoms with Gasteiger partial charge in [0.05, 0.1) is 0 Å². The summed E-state index contributed by atoms with van der Waals surface area (Å²) in [6.07, 6.45) is 4.37. The van der Waals surface area contributed by atoms with E-state index in [2.05, 4.69) is 11.9 Å². The number of unbranched alkanes of at least 4 members (excludes halogenated alkanes) is 1. The van der Waals surface area contributed by atoms with Crippen LogP contribution in [0.2, 0.25) is 0 Å². The lowest BCUT2D eigenvalue weighted by atomic mass is 10.1. The molecule has 1 amide bonds. The number of carbonyl (C=O) groups is 1. The number of oxazole rings is 1. The number of rotatable bonds is 5. The summed E-state index contributed by atoms with van der Waals surface area (Å²) in [6, 6.07) is 12.1. The van der Waals surface area contributed by atoms with Gasteiger partial charge in [-0.1, -0.05) is 31.5 Å². The third kappa shape index (κ3) is 3.59. The van der Waals surface area contributed by atoms with E-state index in [1.807, 2.05) is 23.1 Å². The first-order valence-corrected chi connectivity index (χ1v) is 9.61. The third-order valence-corrected chi connectivity index (χ3v) is 5.18. The minimum Gasteiger partial charge on any atom is -0.438 e. The monoisotopic (exact) mass is 366 g/mol. The van der Waals surface area contributed by atoms with Gasteiger partial charge in [0.25, 0.3) is 0 Å². The lowest BCUT2D eigenvalue weighted by Gasteiger charge is -2.22. The summed E-state index contributed by atoms with van der Waals surface area (Å²) in [5.41, 5.74) is 3.37. The van der Waals surface area contributed by atoms with Crippen LogP contribution in [0.5, 0.6) is 0 Å². The van der Waals surface area contributed by atoms with Crippen molar-refractivity contribution in [3.05, 3.63) is 54.2 Å². The van der Waals surface area contributed by atoms with E-state index in [0.717, 1.165) is 48.9 Å². The molecule has 1 aliphatic rings. The molecule has 1 aromatic heterocycles. The summed E-state index contributed by atoms with van der Waals surface area (Å²) in [5, 5.41) is 0. The van der Waals surface area contributed by atoms with Crippen LogP contribution in [-0.2, 0) is 4.79 Å². The maximum atomic E-state index is 13.2. The van der Waals surface area contributed by atoms with Gasteiger partial charge in [-0.2, -0.15) is 0 Å². The maximum Gasteiger partial charge on any atom is 0.223 e. The molecule has 4 rings (SSSR count). The third-order valence-electron chi connectivity index (χ3n) is 5.18. The molecular formula is C22H23FN2O2. The first kappa shape index (κ1) is 17.7. The van der Waals surface area contributed by atoms with Gasteiger partial charge in [-0.25, -0.2) is 9.37 Å². The fourth-order valence-electron chi connectivity index (χ4n) is 3.70. The van der Waals surface area contributed by atoms with Crippen molar-refractivity contribution in [3.63, 3.8) is 0 Å². The maximum absolute atomic E-state index is 13.2. The van der Waals surface area contributed by atoms with Crippen molar-refractivity contribution >= 4 is 17.0 Å². The Morgan fingerprint density at radius 1 is 1.22 bits per heavy atom. The van der Waals surface area contributed by atoms with Crippen LogP contribution < -0.4 is 0 Å². The number of aromatic nitrogens is 1. The van der Waals surface area contributed by atoms with Crippen molar-refractivity contribution in [1.82, 2.24) is 9.88 Å². The molecule has 0 saturated carbocycles. The highest BCUT2D eigenvalue weighted by Crippen LogP contribution is 2.34. The number of carbonyl (C=O) groups excluding carboxylic acids is 1. The van der Waals surface area contributed by atoms with Gasteiger partial charge in [0, 0.05) is 13.0 Å². The second-order valence-electron chi connectivity index (χ2n) is 7.09. The molecule has 27 heavy (non-hydrogen) atoms. The van der Waals surface area contributed by atoms with E-state index in [-0.39, 0.29) is 17.8 Å². The van der Waals surface area contributed by atoms with Crippen LogP contribution in [-0.4, -0.2) is 22.3 Å². The van der Waals surface area contributed by atoms with Crippen LogP contribution in [0.25, 0.3) is 22.2 Å². The molecular weight excluding hydrogens is 343 g/mol. The molecule has 0 N–H and O–H groups in total. The van der Waals surface area contributed by atoms with Gasteiger partial charge in [-0.3, -0.25) is 4.79 Å². The summed E-state index contributed by atoms with van der Waals surface area (Å²) >= 11 is 0. The SMILES string of the molecule is CCCCC(=O)N1CCCC1c1nc2cc(-c3ccc(F)cc3)ccc2o1. The summed E-state index contributed by atoms with van der Waals surface area (Å²) in [5.74, 6) is 0.551. The molecule has 0 radical (unpaired) electrons. The predicted molar refractivity (Wildman–Crippen MR) is 103 cm³/mol. The first-order valence-electron chi connectivity index (χ1n) is 9.61. The number of hydrogen-bond acceptors (Lipinski definition) is 3. The van der Waals surface area contributed by atoms with E-state index >= 15 is 0 Å². The zero-order chi connectivity index (χ0) is 18.8. The molecule has 2 aromatic carbocycles. The number of benzene rings is 2. The zero-order valence-corrected chi connectivity index (χ0v) is 15.5. The van der Waals surface area contributed by atoms with Gasteiger partial charge in [0.1, 0.15) is 17.4 Å². The van der Waals surface area contributed by atoms with E-state index in [9.17, 15) is 9.18 Å². The van der Waals surface area contributed by atoms with E-state index in [4.69, 9.17) is 4.42 Å². The Morgan fingerprint density at radius 3 is 2.78 bits per heavy atom. The molecule has 1 aliphatic heterocycles. The molecule has 4 nitrogen and oxygen atoms in total. The minimum absolute atomic E-state index is 0.0731. The van der Waals surface area contributed by atoms with Gasteiger partial charge in [-0.15, -0.1) is 0 Å². The molecule has 2 heterocycles. The molecule has 1 unspecified atom stereocenters. The Kier molecular flexibility index (Phi) is 4.92. The van der Waals surface area contributed by atoms with Crippen LogP contribution in [0.4, 0.5) is 4.39 Å². The number of amides is 1. The van der Waals surface area contributed by atoms with Gasteiger partial charge < -0.3 is 9.32 Å². The Balaban J connectivity index is 1.61. The second-order valence-corrected chi connectivity index (χ2v) is 7.09. The lowest BCUT2D eigenvalue weighted by molar-refractivity contribution is -0.132. The second kappa shape index (κ2) is 7.51. The summed E-state index contributed by atoms with van der Waals surface area (Å²) in [4.78, 5) is 19.1. The Bertz CT molecular complexity index is 949. The Labute approximate surface area is 158 Å². The minimum atomic E-state index is -0.252. The smallest absolute Gasteiger partial charge is 0.223 e. The Morgan fingerprint density at radius 2 is 2.00 bits per heavy atom. The number of hydrogen-bond donors (Lipinski definition) is 0. The number of nitrogens with zero attached hydrogens (tertiary/aromatic N) is 2. The van der Waals surface area contributed by atoms with E-state index in [1.54, 1.807) is 12.1 Å². The normalized spacial score (nSPS) is 17.0. The Hall–Kier alpha value is -2.69. The molecule has 0 spiro atoms. The fourth-order valence-corrected chi connectivity index (χ4v) is 3.70. The van der Waals surface area contributed by atoms with Crippen molar-refractivity contribution in [3.8, 4) is 11.1 Å². The van der Waals surface area contributed by atoms with Gasteiger partial charge in [-0.05, 0) is 54.7 Å². The number of fused-ring (bicyclic) bond motifs is 1. The standard InChI is InChI=1S/C22H23FN2O2/c1-2-3-6-21(26)25-13-4-5-19(25)22-24-18-14-16(9-12-20(18)27-22)15-7-10-17(23)11-8-15/h7-12,14,19H,2-6,13H2,1H3. The highest BCUT2D eigenvalue weighted by atomic mass is 19.1. The molecule has 1 atom stereocenters. The molecule has 0 bridgehead atoms. The van der Waals surface area contributed by atoms with Crippen LogP contribution in [0, 0.1) is 5.82 Å². The van der Waals surface area contributed by atoms with E-state index < -0.39 is 0 Å². The zero-order valence-electron chi connectivity index (χ0n) is 15.5. The van der Waals surface area contributed by atoms with Crippen molar-refractivity contribution in [2.45, 2.75) is 45.1 Å². The van der Waals surface area contributed by atoms with Gasteiger partial charge in [0.2, 0.25) is 11.8 Å². The average Bonchev–Trinajstić information content (AvgIpc) is 3.32. The van der Waals surface area contributed by atoms with Crippen molar-refractivity contribution < 1.29 is 13.6 Å². The van der Waals surface area contributed by atoms with Gasteiger partial charge in [0.15, 0.2) is 5.58 Å². The van der Waals surface area contributed by atoms with Crippen LogP contribution in [0.15, 0.2) is 46.9 Å². The predicted octanol–water partition coefficient (Wildman–Crippen LogP) is 5.49. The topological polar surface area (TPSA) is 46.3 Å². The average molecular weight is 366 g/mol. The molecule has 5 heteroatoms. The van der Waals surface area contributed by atoms with E-state index in [0.29, 0.717) is 17.9 Å². The molecule has 140 valence electrons. The van der Waals surface area contributed by atoms with Crippen molar-refractivity contribution in [2.24, 2.45) is 0 Å². The van der Waals surface area contributed by atoms with Crippen LogP contribution >= 0.6 is 0 Å².